The Labute approximate surface area is 154 Å². The van der Waals surface area contributed by atoms with Crippen molar-refractivity contribution < 1.29 is 14.3 Å². The lowest BCUT2D eigenvalue weighted by molar-refractivity contribution is -0.117. The average molecular weight is 361 g/mol. The van der Waals surface area contributed by atoms with Gasteiger partial charge in [-0.05, 0) is 35.9 Å². The summed E-state index contributed by atoms with van der Waals surface area (Å²) in [4.78, 5) is 12.3. The van der Waals surface area contributed by atoms with Crippen LogP contribution in [0.4, 0.5) is 5.69 Å². The number of ether oxygens (including phenoxy) is 2. The second-order valence-corrected chi connectivity index (χ2v) is 5.86. The number of hydrogen-bond donors (Lipinski definition) is 3. The molecule has 8 nitrogen and oxygen atoms in total. The van der Waals surface area contributed by atoms with Crippen molar-refractivity contribution in [1.29, 1.82) is 5.26 Å². The molecule has 134 valence electrons. The molecule has 1 aliphatic heterocycles. The molecular weight excluding hydrogens is 346 g/mol. The Hall–Kier alpha value is -3.99. The fourth-order valence-electron chi connectivity index (χ4n) is 2.66. The van der Waals surface area contributed by atoms with Gasteiger partial charge in [0, 0.05) is 23.8 Å². The number of carbonyl (C=O) groups is 1. The Morgan fingerprint density at radius 3 is 3.04 bits per heavy atom. The molecule has 0 saturated heterocycles. The smallest absolute Gasteiger partial charge is 0.263 e. The second kappa shape index (κ2) is 7.09. The zero-order valence-electron chi connectivity index (χ0n) is 14.2. The first-order valence-corrected chi connectivity index (χ1v) is 8.19. The molecular formula is C19H15N5O3. The van der Waals surface area contributed by atoms with Crippen LogP contribution in [0.15, 0.2) is 54.4 Å². The van der Waals surface area contributed by atoms with Crippen molar-refractivity contribution in [2.24, 2.45) is 0 Å². The molecule has 1 amide bonds. The minimum atomic E-state index is -0.467. The van der Waals surface area contributed by atoms with E-state index >= 15 is 0 Å². The zero-order valence-corrected chi connectivity index (χ0v) is 14.2. The highest BCUT2D eigenvalue weighted by Crippen LogP contribution is 2.32. The van der Waals surface area contributed by atoms with Crippen LogP contribution in [-0.2, 0) is 11.3 Å². The number of hydrogen-bond acceptors (Lipinski definition) is 6. The maximum atomic E-state index is 12.3. The quantitative estimate of drug-likeness (QED) is 0.475. The maximum absolute atomic E-state index is 12.3. The number of H-pyrrole nitrogens is 1. The molecule has 4 rings (SSSR count). The topological polar surface area (TPSA) is 112 Å². The molecule has 8 heteroatoms. The van der Waals surface area contributed by atoms with Crippen molar-refractivity contribution in [2.45, 2.75) is 6.54 Å². The number of amides is 1. The number of rotatable bonds is 5. The molecule has 0 aliphatic carbocycles. The molecule has 1 aliphatic rings. The monoisotopic (exact) mass is 361 g/mol. The van der Waals surface area contributed by atoms with Gasteiger partial charge in [-0.25, -0.2) is 0 Å². The Kier molecular flexibility index (Phi) is 4.33. The molecule has 0 radical (unpaired) electrons. The van der Waals surface area contributed by atoms with Gasteiger partial charge in [0.05, 0.1) is 11.7 Å². The van der Waals surface area contributed by atoms with E-state index in [9.17, 15) is 10.1 Å². The number of benzene rings is 2. The van der Waals surface area contributed by atoms with Gasteiger partial charge >= 0.3 is 0 Å². The van der Waals surface area contributed by atoms with Crippen LogP contribution in [0.1, 0.15) is 5.56 Å². The third kappa shape index (κ3) is 3.52. The van der Waals surface area contributed by atoms with Gasteiger partial charge < -0.3 is 20.1 Å². The zero-order chi connectivity index (χ0) is 18.6. The number of nitrogens with zero attached hydrogens (tertiary/aromatic N) is 2. The van der Waals surface area contributed by atoms with Crippen LogP contribution in [0.5, 0.6) is 11.5 Å². The number of carbonyl (C=O) groups excluding carboxylic acids is 1. The van der Waals surface area contributed by atoms with Gasteiger partial charge in [-0.2, -0.15) is 10.4 Å². The maximum Gasteiger partial charge on any atom is 0.263 e. The van der Waals surface area contributed by atoms with Crippen LogP contribution >= 0.6 is 0 Å². The van der Waals surface area contributed by atoms with Gasteiger partial charge in [-0.3, -0.25) is 9.89 Å². The van der Waals surface area contributed by atoms with Crippen molar-refractivity contribution >= 4 is 22.5 Å². The van der Waals surface area contributed by atoms with Gasteiger partial charge in [0.1, 0.15) is 11.6 Å². The van der Waals surface area contributed by atoms with Gasteiger partial charge in [0.25, 0.3) is 5.91 Å². The number of nitrogens with one attached hydrogen (secondary N) is 3. The highest BCUT2D eigenvalue weighted by Gasteiger charge is 2.14. The van der Waals surface area contributed by atoms with Crippen LogP contribution in [0.2, 0.25) is 0 Å². The van der Waals surface area contributed by atoms with Crippen molar-refractivity contribution in [3.8, 4) is 17.6 Å². The summed E-state index contributed by atoms with van der Waals surface area (Å²) in [6.07, 6.45) is 3.10. The molecule has 3 N–H and O–H groups in total. The number of aromatic amines is 1. The lowest BCUT2D eigenvalue weighted by Gasteiger charge is -2.06. The third-order valence-electron chi connectivity index (χ3n) is 4.08. The predicted molar refractivity (Wildman–Crippen MR) is 97.8 cm³/mol. The average Bonchev–Trinajstić information content (AvgIpc) is 3.34. The van der Waals surface area contributed by atoms with Crippen LogP contribution in [0.25, 0.3) is 10.9 Å². The first kappa shape index (κ1) is 16.5. The summed E-state index contributed by atoms with van der Waals surface area (Å²) in [6.45, 7) is 0.469. The van der Waals surface area contributed by atoms with E-state index in [1.165, 1.54) is 6.20 Å². The van der Waals surface area contributed by atoms with E-state index in [0.717, 1.165) is 22.2 Å². The summed E-state index contributed by atoms with van der Waals surface area (Å²) in [7, 11) is 0. The van der Waals surface area contributed by atoms with Gasteiger partial charge in [0.2, 0.25) is 6.79 Å². The molecule has 0 saturated carbocycles. The molecule has 0 bridgehead atoms. The van der Waals surface area contributed by atoms with E-state index in [1.54, 1.807) is 18.3 Å². The highest BCUT2D eigenvalue weighted by molar-refractivity contribution is 5.97. The Morgan fingerprint density at radius 2 is 2.15 bits per heavy atom. The first-order chi connectivity index (χ1) is 13.2. The summed E-state index contributed by atoms with van der Waals surface area (Å²) in [5.41, 5.74) is 2.42. The van der Waals surface area contributed by atoms with Crippen molar-refractivity contribution in [1.82, 2.24) is 15.5 Å². The van der Waals surface area contributed by atoms with Crippen molar-refractivity contribution in [3.63, 3.8) is 0 Å². The summed E-state index contributed by atoms with van der Waals surface area (Å²) < 4.78 is 10.6. The molecule has 2 heterocycles. The molecule has 0 fully saturated rings. The fraction of sp³-hybridized carbons (Fsp3) is 0.105. The Morgan fingerprint density at radius 1 is 1.26 bits per heavy atom. The number of nitriles is 1. The van der Waals surface area contributed by atoms with Crippen molar-refractivity contribution in [3.05, 3.63) is 59.9 Å². The summed E-state index contributed by atoms with van der Waals surface area (Å²) in [5.74, 6) is 0.861. The van der Waals surface area contributed by atoms with E-state index in [4.69, 9.17) is 9.47 Å². The summed E-state index contributed by atoms with van der Waals surface area (Å²) >= 11 is 0. The van der Waals surface area contributed by atoms with E-state index in [2.05, 4.69) is 20.8 Å². The largest absolute Gasteiger partial charge is 0.454 e. The molecule has 0 unspecified atom stereocenters. The molecule has 2 aromatic carbocycles. The molecule has 1 aromatic heterocycles. The first-order valence-electron chi connectivity index (χ1n) is 8.19. The Bertz CT molecular complexity index is 1080. The highest BCUT2D eigenvalue weighted by atomic mass is 16.7. The normalized spacial score (nSPS) is 12.6. The van der Waals surface area contributed by atoms with Crippen LogP contribution in [0, 0.1) is 11.3 Å². The number of anilines is 1. The summed E-state index contributed by atoms with van der Waals surface area (Å²) in [5, 5.41) is 22.7. The fourth-order valence-corrected chi connectivity index (χ4v) is 2.66. The standard InChI is InChI=1S/C19H15N5O3/c20-7-14(9-21-15-3-2-13-10-23-24-16(13)6-15)19(25)22-8-12-1-4-17-18(5-12)27-11-26-17/h1-6,9-10,21H,8,11H2,(H,22,25)(H,23,24)/b14-9-. The molecule has 27 heavy (non-hydrogen) atoms. The molecule has 3 aromatic rings. The van der Waals surface area contributed by atoms with E-state index in [0.29, 0.717) is 11.5 Å². The van der Waals surface area contributed by atoms with E-state index < -0.39 is 5.91 Å². The minimum Gasteiger partial charge on any atom is -0.454 e. The van der Waals surface area contributed by atoms with Crippen LogP contribution < -0.4 is 20.1 Å². The van der Waals surface area contributed by atoms with Crippen molar-refractivity contribution in [2.75, 3.05) is 12.1 Å². The third-order valence-corrected chi connectivity index (χ3v) is 4.08. The SMILES string of the molecule is N#C/C(=C/Nc1ccc2cn[nH]c2c1)C(=O)NCc1ccc2c(c1)OCO2. The van der Waals surface area contributed by atoms with Gasteiger partial charge in [-0.1, -0.05) is 6.07 Å². The van der Waals surface area contributed by atoms with Gasteiger partial charge in [-0.15, -0.1) is 0 Å². The summed E-state index contributed by atoms with van der Waals surface area (Å²) in [6, 6.07) is 12.9. The number of aromatic nitrogens is 2. The number of fused-ring (bicyclic) bond motifs is 2. The molecule has 0 atom stereocenters. The van der Waals surface area contributed by atoms with Crippen LogP contribution in [0.3, 0.4) is 0 Å². The lowest BCUT2D eigenvalue weighted by atomic mass is 10.2. The van der Waals surface area contributed by atoms with Gasteiger partial charge in [0.15, 0.2) is 11.5 Å². The van der Waals surface area contributed by atoms with Crippen LogP contribution in [-0.4, -0.2) is 22.9 Å². The van der Waals surface area contributed by atoms with E-state index in [-0.39, 0.29) is 18.9 Å². The predicted octanol–water partition coefficient (Wildman–Crippen LogP) is 2.43. The minimum absolute atomic E-state index is 0.0274. The second-order valence-electron chi connectivity index (χ2n) is 5.86. The lowest BCUT2D eigenvalue weighted by Crippen LogP contribution is -2.24. The Balaban J connectivity index is 1.40. The van der Waals surface area contributed by atoms with E-state index in [1.807, 2.05) is 30.3 Å². The molecule has 0 spiro atoms.